The number of aliphatic hydroxyl groups is 1. The predicted octanol–water partition coefficient (Wildman–Crippen LogP) is 1.21. The van der Waals surface area contributed by atoms with Gasteiger partial charge in [0, 0.05) is 4.47 Å². The van der Waals surface area contributed by atoms with Crippen molar-refractivity contribution in [1.82, 2.24) is 4.98 Å². The summed E-state index contributed by atoms with van der Waals surface area (Å²) in [5.74, 6) is 0. The zero-order valence-corrected chi connectivity index (χ0v) is 7.17. The maximum absolute atomic E-state index is 8.69. The first-order chi connectivity index (χ1) is 5.26. The molecule has 0 unspecified atom stereocenters. The van der Waals surface area contributed by atoms with Crippen molar-refractivity contribution in [1.29, 1.82) is 5.26 Å². The second kappa shape index (κ2) is 3.46. The number of nitriles is 1. The van der Waals surface area contributed by atoms with Crippen LogP contribution in [-0.4, -0.2) is 10.1 Å². The van der Waals surface area contributed by atoms with Crippen molar-refractivity contribution < 1.29 is 5.11 Å². The van der Waals surface area contributed by atoms with Gasteiger partial charge in [-0.25, -0.2) is 4.98 Å². The Kier molecular flexibility index (Phi) is 2.58. The Bertz CT molecular complexity index is 306. The minimum Gasteiger partial charge on any atom is -0.390 e. The van der Waals surface area contributed by atoms with Gasteiger partial charge in [0.2, 0.25) is 0 Å². The lowest BCUT2D eigenvalue weighted by atomic mass is 10.3. The Balaban J connectivity index is 3.15. The van der Waals surface area contributed by atoms with E-state index in [0.717, 1.165) is 4.47 Å². The average molecular weight is 213 g/mol. The monoisotopic (exact) mass is 212 g/mol. The largest absolute Gasteiger partial charge is 0.390 e. The molecule has 0 radical (unpaired) electrons. The fraction of sp³-hybridized carbons (Fsp3) is 0.143. The van der Waals surface area contributed by atoms with E-state index in [1.807, 2.05) is 6.07 Å². The summed E-state index contributed by atoms with van der Waals surface area (Å²) in [4.78, 5) is 3.83. The van der Waals surface area contributed by atoms with Crippen molar-refractivity contribution in [2.75, 3.05) is 0 Å². The van der Waals surface area contributed by atoms with E-state index in [1.165, 1.54) is 0 Å². The van der Waals surface area contributed by atoms with Crippen LogP contribution in [0.2, 0.25) is 0 Å². The van der Waals surface area contributed by atoms with Crippen molar-refractivity contribution >= 4 is 15.9 Å². The van der Waals surface area contributed by atoms with Crippen LogP contribution in [0.5, 0.6) is 0 Å². The van der Waals surface area contributed by atoms with Gasteiger partial charge in [-0.1, -0.05) is 15.9 Å². The first-order valence-electron chi connectivity index (χ1n) is 2.93. The van der Waals surface area contributed by atoms with Crippen molar-refractivity contribution in [2.24, 2.45) is 0 Å². The molecule has 1 N–H and O–H groups in total. The maximum atomic E-state index is 8.69. The smallest absolute Gasteiger partial charge is 0.141 e. The van der Waals surface area contributed by atoms with Crippen LogP contribution < -0.4 is 0 Å². The molecule has 0 spiro atoms. The number of nitrogens with zero attached hydrogens (tertiary/aromatic N) is 2. The first-order valence-corrected chi connectivity index (χ1v) is 3.73. The van der Waals surface area contributed by atoms with Crippen molar-refractivity contribution in [3.8, 4) is 6.07 Å². The fourth-order valence-electron chi connectivity index (χ4n) is 0.689. The van der Waals surface area contributed by atoms with Crippen molar-refractivity contribution in [3.63, 3.8) is 0 Å². The molecule has 1 rings (SSSR count). The fourth-order valence-corrected chi connectivity index (χ4v) is 1.17. The molecular weight excluding hydrogens is 208 g/mol. The van der Waals surface area contributed by atoms with Gasteiger partial charge in [-0.2, -0.15) is 5.26 Å². The van der Waals surface area contributed by atoms with Crippen molar-refractivity contribution in [2.45, 2.75) is 6.61 Å². The summed E-state index contributed by atoms with van der Waals surface area (Å²) < 4.78 is 0.758. The third-order valence-electron chi connectivity index (χ3n) is 1.12. The van der Waals surface area contributed by atoms with Crippen LogP contribution >= 0.6 is 15.9 Å². The summed E-state index contributed by atoms with van der Waals surface area (Å²) in [7, 11) is 0. The Morgan fingerprint density at radius 2 is 2.36 bits per heavy atom. The van der Waals surface area contributed by atoms with E-state index in [4.69, 9.17) is 10.4 Å². The molecule has 0 atom stereocenters. The highest BCUT2D eigenvalue weighted by molar-refractivity contribution is 9.10. The van der Waals surface area contributed by atoms with E-state index in [-0.39, 0.29) is 6.61 Å². The van der Waals surface area contributed by atoms with Gasteiger partial charge >= 0.3 is 0 Å². The third kappa shape index (κ3) is 2.00. The van der Waals surface area contributed by atoms with E-state index in [9.17, 15) is 0 Å². The molecule has 0 aliphatic rings. The van der Waals surface area contributed by atoms with Gasteiger partial charge in [-0.05, 0) is 12.1 Å². The molecule has 0 amide bonds. The van der Waals surface area contributed by atoms with Crippen LogP contribution in [-0.2, 0) is 6.61 Å². The molecule has 56 valence electrons. The zero-order valence-electron chi connectivity index (χ0n) is 5.58. The summed E-state index contributed by atoms with van der Waals surface area (Å²) in [5, 5.41) is 17.2. The number of halogens is 1. The molecule has 0 aliphatic carbocycles. The van der Waals surface area contributed by atoms with Gasteiger partial charge in [0.15, 0.2) is 0 Å². The summed E-state index contributed by atoms with van der Waals surface area (Å²) in [5.41, 5.74) is 0.805. The quantitative estimate of drug-likeness (QED) is 0.762. The van der Waals surface area contributed by atoms with Gasteiger partial charge in [-0.15, -0.1) is 0 Å². The highest BCUT2D eigenvalue weighted by Gasteiger charge is 1.98. The van der Waals surface area contributed by atoms with Gasteiger partial charge in [0.25, 0.3) is 0 Å². The first kappa shape index (κ1) is 8.18. The summed E-state index contributed by atoms with van der Waals surface area (Å²) >= 11 is 3.19. The Morgan fingerprint density at radius 3 is 2.91 bits per heavy atom. The number of aliphatic hydroxyl groups excluding tert-OH is 1. The highest BCUT2D eigenvalue weighted by Crippen LogP contribution is 2.11. The Morgan fingerprint density at radius 1 is 1.64 bits per heavy atom. The molecule has 0 saturated carbocycles. The molecule has 0 bridgehead atoms. The lowest BCUT2D eigenvalue weighted by molar-refractivity contribution is 0.276. The van der Waals surface area contributed by atoms with E-state index < -0.39 is 0 Å². The summed E-state index contributed by atoms with van der Waals surface area (Å²) in [6.45, 7) is -0.145. The van der Waals surface area contributed by atoms with E-state index in [0.29, 0.717) is 11.4 Å². The number of hydrogen-bond donors (Lipinski definition) is 1. The van der Waals surface area contributed by atoms with E-state index in [2.05, 4.69) is 20.9 Å². The van der Waals surface area contributed by atoms with Gasteiger partial charge in [-0.3, -0.25) is 0 Å². The number of rotatable bonds is 1. The van der Waals surface area contributed by atoms with Crippen LogP contribution in [0.4, 0.5) is 0 Å². The molecule has 0 aliphatic heterocycles. The lowest BCUT2D eigenvalue weighted by Gasteiger charge is -1.96. The van der Waals surface area contributed by atoms with E-state index in [1.54, 1.807) is 12.1 Å². The normalized spacial score (nSPS) is 9.18. The molecule has 0 fully saturated rings. The maximum Gasteiger partial charge on any atom is 0.141 e. The molecule has 1 aromatic heterocycles. The standard InChI is InChI=1S/C7H5BrN2O/c8-5-1-6(3-9)10-7(2-5)4-11/h1-2,11H,4H2. The van der Waals surface area contributed by atoms with E-state index >= 15 is 0 Å². The Labute approximate surface area is 72.4 Å². The zero-order chi connectivity index (χ0) is 8.27. The number of aromatic nitrogens is 1. The molecular formula is C7H5BrN2O. The van der Waals surface area contributed by atoms with Crippen LogP contribution in [0, 0.1) is 11.3 Å². The minimum absolute atomic E-state index is 0.145. The van der Waals surface area contributed by atoms with Crippen LogP contribution in [0.25, 0.3) is 0 Å². The van der Waals surface area contributed by atoms with Crippen molar-refractivity contribution in [3.05, 3.63) is 28.0 Å². The van der Waals surface area contributed by atoms with Crippen LogP contribution in [0.1, 0.15) is 11.4 Å². The van der Waals surface area contributed by atoms with Gasteiger partial charge < -0.3 is 5.11 Å². The lowest BCUT2D eigenvalue weighted by Crippen LogP contribution is -1.91. The second-order valence-electron chi connectivity index (χ2n) is 1.93. The van der Waals surface area contributed by atoms with Gasteiger partial charge in [0.1, 0.15) is 11.8 Å². The summed E-state index contributed by atoms with van der Waals surface area (Å²) in [6, 6.07) is 5.15. The number of hydrogen-bond acceptors (Lipinski definition) is 3. The predicted molar refractivity (Wildman–Crippen MR) is 42.6 cm³/mol. The highest BCUT2D eigenvalue weighted by atomic mass is 79.9. The third-order valence-corrected chi connectivity index (χ3v) is 1.58. The topological polar surface area (TPSA) is 56.9 Å². The second-order valence-corrected chi connectivity index (χ2v) is 2.85. The molecule has 11 heavy (non-hydrogen) atoms. The Hall–Kier alpha value is -0.920. The molecule has 4 heteroatoms. The molecule has 1 heterocycles. The molecule has 0 aromatic carbocycles. The number of pyridine rings is 1. The van der Waals surface area contributed by atoms with Gasteiger partial charge in [0.05, 0.1) is 12.3 Å². The molecule has 0 saturated heterocycles. The average Bonchev–Trinajstić information content (AvgIpc) is 2.03. The molecule has 3 nitrogen and oxygen atoms in total. The SMILES string of the molecule is N#Cc1cc(Br)cc(CO)n1. The molecule has 1 aromatic rings. The van der Waals surface area contributed by atoms with Crippen LogP contribution in [0.15, 0.2) is 16.6 Å². The minimum atomic E-state index is -0.145. The summed E-state index contributed by atoms with van der Waals surface area (Å²) in [6.07, 6.45) is 0. The van der Waals surface area contributed by atoms with Crippen LogP contribution in [0.3, 0.4) is 0 Å².